The quantitative estimate of drug-likeness (QED) is 0.633. The first-order valence-corrected chi connectivity index (χ1v) is 6.62. The lowest BCUT2D eigenvalue weighted by atomic mass is 10.1. The number of nitrogens with one attached hydrogen (secondary N) is 2. The van der Waals surface area contributed by atoms with Gasteiger partial charge in [-0.3, -0.25) is 14.9 Å². The molecule has 1 aromatic rings. The van der Waals surface area contributed by atoms with E-state index in [4.69, 9.17) is 4.74 Å². The maximum atomic E-state index is 13.5. The van der Waals surface area contributed by atoms with Crippen LogP contribution >= 0.6 is 0 Å². The lowest BCUT2D eigenvalue weighted by Crippen LogP contribution is -2.34. The topological polar surface area (TPSA) is 93.5 Å². The highest BCUT2D eigenvalue weighted by Crippen LogP contribution is 2.21. The summed E-state index contributed by atoms with van der Waals surface area (Å²) in [4.78, 5) is 21.7. The minimum Gasteiger partial charge on any atom is -0.368 e. The number of halogens is 1. The zero-order chi connectivity index (χ0) is 15.2. The molecule has 1 fully saturated rings. The molecule has 1 aromatic carbocycles. The van der Waals surface area contributed by atoms with Crippen LogP contribution in [0.4, 0.5) is 15.8 Å². The highest BCUT2D eigenvalue weighted by molar-refractivity contribution is 5.92. The van der Waals surface area contributed by atoms with Crippen LogP contribution in [0, 0.1) is 15.9 Å². The number of carbonyl (C=O) groups is 1. The summed E-state index contributed by atoms with van der Waals surface area (Å²) in [5.41, 5.74) is -0.505. The Morgan fingerprint density at radius 3 is 2.86 bits per heavy atom. The summed E-state index contributed by atoms with van der Waals surface area (Å²) in [7, 11) is 0. The minimum atomic E-state index is -0.726. The van der Waals surface area contributed by atoms with Gasteiger partial charge in [-0.1, -0.05) is 0 Å². The number of nitrogens with zero attached hydrogens (tertiary/aromatic N) is 1. The molecule has 2 rings (SSSR count). The molecule has 2 N–H and O–H groups in total. The fourth-order valence-corrected chi connectivity index (χ4v) is 2.06. The monoisotopic (exact) mass is 297 g/mol. The van der Waals surface area contributed by atoms with E-state index in [1.54, 1.807) is 0 Å². The normalized spacial score (nSPS) is 15.7. The molecule has 1 heterocycles. The highest BCUT2D eigenvalue weighted by Gasteiger charge is 2.16. The first kappa shape index (κ1) is 15.3. The van der Waals surface area contributed by atoms with Gasteiger partial charge in [-0.2, -0.15) is 0 Å². The predicted molar refractivity (Wildman–Crippen MR) is 73.5 cm³/mol. The average molecular weight is 297 g/mol. The van der Waals surface area contributed by atoms with Gasteiger partial charge in [0.05, 0.1) is 16.7 Å². The second-order valence-corrected chi connectivity index (χ2v) is 4.73. The van der Waals surface area contributed by atoms with Gasteiger partial charge in [0.2, 0.25) is 5.91 Å². The van der Waals surface area contributed by atoms with Crippen molar-refractivity contribution in [2.45, 2.75) is 18.9 Å². The number of benzene rings is 1. The molecular weight excluding hydrogens is 281 g/mol. The number of hydrogen-bond donors (Lipinski definition) is 2. The number of nitro groups is 1. The van der Waals surface area contributed by atoms with Crippen LogP contribution in [0.5, 0.6) is 0 Å². The Kier molecular flexibility index (Phi) is 5.18. The van der Waals surface area contributed by atoms with Gasteiger partial charge in [-0.25, -0.2) is 4.39 Å². The smallest absolute Gasteiger partial charge is 0.271 e. The minimum absolute atomic E-state index is 0.00644. The summed E-state index contributed by atoms with van der Waals surface area (Å²) < 4.78 is 18.9. The fourth-order valence-electron chi connectivity index (χ4n) is 2.06. The highest BCUT2D eigenvalue weighted by atomic mass is 19.1. The number of anilines is 1. The summed E-state index contributed by atoms with van der Waals surface area (Å²) in [6.45, 7) is 1.48. The summed E-state index contributed by atoms with van der Waals surface area (Å²) in [5.74, 6) is -1.26. The Bertz CT molecular complexity index is 532. The maximum Gasteiger partial charge on any atom is 0.271 e. The Hall–Kier alpha value is -2.06. The van der Waals surface area contributed by atoms with Crippen molar-refractivity contribution in [3.8, 4) is 0 Å². The van der Waals surface area contributed by atoms with Crippen molar-refractivity contribution in [2.75, 3.05) is 25.0 Å². The number of ether oxygens (including phenoxy) is 1. The number of rotatable bonds is 5. The van der Waals surface area contributed by atoms with Crippen molar-refractivity contribution in [1.29, 1.82) is 0 Å². The third kappa shape index (κ3) is 4.47. The molecule has 7 nitrogen and oxygen atoms in total. The van der Waals surface area contributed by atoms with Crippen LogP contribution < -0.4 is 10.6 Å². The Morgan fingerprint density at radius 1 is 1.48 bits per heavy atom. The fraction of sp³-hybridized carbons (Fsp3) is 0.462. The van der Waals surface area contributed by atoms with Crippen molar-refractivity contribution in [3.05, 3.63) is 34.1 Å². The van der Waals surface area contributed by atoms with E-state index in [1.807, 2.05) is 0 Å². The van der Waals surface area contributed by atoms with Crippen LogP contribution in [0.25, 0.3) is 0 Å². The molecule has 21 heavy (non-hydrogen) atoms. The molecule has 1 aliphatic rings. The molecule has 0 unspecified atom stereocenters. The van der Waals surface area contributed by atoms with Crippen LogP contribution in [0.2, 0.25) is 0 Å². The maximum absolute atomic E-state index is 13.5. The van der Waals surface area contributed by atoms with Gasteiger partial charge >= 0.3 is 0 Å². The third-order valence-electron chi connectivity index (χ3n) is 3.17. The van der Waals surface area contributed by atoms with Gasteiger partial charge in [0.15, 0.2) is 0 Å². The third-order valence-corrected chi connectivity index (χ3v) is 3.17. The largest absolute Gasteiger partial charge is 0.368 e. The summed E-state index contributed by atoms with van der Waals surface area (Å²) in [5, 5.41) is 16.1. The molecule has 0 aromatic heterocycles. The van der Waals surface area contributed by atoms with Crippen LogP contribution in [-0.4, -0.2) is 36.6 Å². The van der Waals surface area contributed by atoms with E-state index in [1.165, 1.54) is 0 Å². The van der Waals surface area contributed by atoms with Gasteiger partial charge in [0.25, 0.3) is 5.69 Å². The first-order chi connectivity index (χ1) is 10.1. The number of amides is 1. The molecule has 8 heteroatoms. The van der Waals surface area contributed by atoms with Crippen molar-refractivity contribution in [2.24, 2.45) is 0 Å². The van der Waals surface area contributed by atoms with Gasteiger partial charge < -0.3 is 15.4 Å². The van der Waals surface area contributed by atoms with Gasteiger partial charge in [-0.05, 0) is 32.0 Å². The summed E-state index contributed by atoms with van der Waals surface area (Å²) >= 11 is 0. The molecule has 0 saturated carbocycles. The molecular formula is C13H16FN3O4. The zero-order valence-electron chi connectivity index (χ0n) is 11.3. The molecule has 0 atom stereocenters. The van der Waals surface area contributed by atoms with E-state index in [2.05, 4.69) is 10.6 Å². The lowest BCUT2D eigenvalue weighted by molar-refractivity contribution is -0.384. The molecule has 1 amide bonds. The molecule has 1 saturated heterocycles. The molecule has 1 aliphatic heterocycles. The predicted octanol–water partition coefficient (Wildman–Crippen LogP) is 1.44. The number of carbonyl (C=O) groups excluding carboxylic acids is 1. The van der Waals surface area contributed by atoms with Gasteiger partial charge in [0.1, 0.15) is 12.4 Å². The SMILES string of the molecule is O=C(COC1CCNCC1)Nc1cc([N+](=O)[O-])ccc1F. The van der Waals surface area contributed by atoms with Crippen LogP contribution in [0.1, 0.15) is 12.8 Å². The second kappa shape index (κ2) is 7.09. The van der Waals surface area contributed by atoms with E-state index in [0.717, 1.165) is 44.1 Å². The molecule has 0 spiro atoms. The van der Waals surface area contributed by atoms with Gasteiger partial charge in [0, 0.05) is 12.1 Å². The Morgan fingerprint density at radius 2 is 2.19 bits per heavy atom. The van der Waals surface area contributed by atoms with Gasteiger partial charge in [-0.15, -0.1) is 0 Å². The van der Waals surface area contributed by atoms with E-state index in [9.17, 15) is 19.3 Å². The first-order valence-electron chi connectivity index (χ1n) is 6.62. The number of piperidine rings is 1. The van der Waals surface area contributed by atoms with Crippen molar-refractivity contribution < 1.29 is 18.8 Å². The zero-order valence-corrected chi connectivity index (χ0v) is 11.3. The molecule has 0 aliphatic carbocycles. The van der Waals surface area contributed by atoms with E-state index < -0.39 is 16.6 Å². The van der Waals surface area contributed by atoms with Crippen molar-refractivity contribution in [3.63, 3.8) is 0 Å². The van der Waals surface area contributed by atoms with Crippen LogP contribution in [-0.2, 0) is 9.53 Å². The number of hydrogen-bond acceptors (Lipinski definition) is 5. The average Bonchev–Trinajstić information content (AvgIpc) is 2.48. The van der Waals surface area contributed by atoms with E-state index >= 15 is 0 Å². The Balaban J connectivity index is 1.89. The summed E-state index contributed by atoms with van der Waals surface area (Å²) in [6, 6.07) is 2.97. The Labute approximate surface area is 120 Å². The molecule has 0 bridgehead atoms. The van der Waals surface area contributed by atoms with Crippen LogP contribution in [0.15, 0.2) is 18.2 Å². The van der Waals surface area contributed by atoms with E-state index in [0.29, 0.717) is 0 Å². The second-order valence-electron chi connectivity index (χ2n) is 4.73. The molecule has 0 radical (unpaired) electrons. The van der Waals surface area contributed by atoms with Crippen LogP contribution in [0.3, 0.4) is 0 Å². The number of nitro benzene ring substituents is 1. The summed E-state index contributed by atoms with van der Waals surface area (Å²) in [6.07, 6.45) is 1.64. The number of non-ortho nitro benzene ring substituents is 1. The van der Waals surface area contributed by atoms with Crippen molar-refractivity contribution in [1.82, 2.24) is 5.32 Å². The molecule has 114 valence electrons. The van der Waals surface area contributed by atoms with E-state index in [-0.39, 0.29) is 24.1 Å². The standard InChI is InChI=1S/C13H16FN3O4/c14-11-2-1-9(17(19)20)7-12(11)16-13(18)8-21-10-3-5-15-6-4-10/h1-2,7,10,15H,3-6,8H2,(H,16,18). The van der Waals surface area contributed by atoms with Crippen molar-refractivity contribution >= 4 is 17.3 Å². The lowest BCUT2D eigenvalue weighted by Gasteiger charge is -2.22.